The summed E-state index contributed by atoms with van der Waals surface area (Å²) in [7, 11) is 0. The van der Waals surface area contributed by atoms with Crippen LogP contribution in [0.25, 0.3) is 0 Å². The van der Waals surface area contributed by atoms with E-state index in [4.69, 9.17) is 4.74 Å². The molecular weight excluding hydrogens is 312 g/mol. The Kier molecular flexibility index (Phi) is 7.84. The number of hydrogen-bond donors (Lipinski definition) is 1. The highest BCUT2D eigenvalue weighted by molar-refractivity contribution is 5.85. The number of nitrogens with zero attached hydrogens (tertiary/aromatic N) is 2. The van der Waals surface area contributed by atoms with Gasteiger partial charge >= 0.3 is 0 Å². The number of benzene rings is 1. The minimum Gasteiger partial charge on any atom is -0.494 e. The van der Waals surface area contributed by atoms with Gasteiger partial charge in [-0.2, -0.15) is 5.10 Å². The third-order valence-electron chi connectivity index (χ3n) is 2.89. The molecule has 0 fully saturated rings. The standard InChI is InChI=1S/C15H19F2N3O.ClH/c1-2-21-14-5-3-12(4-6-14)9-18-10-13-7-8-20(19-13)11-15(16)17;/h3-8,15,18H,2,9-11H2,1H3;1H. The molecule has 1 heterocycles. The topological polar surface area (TPSA) is 39.1 Å². The Morgan fingerprint density at radius 2 is 1.91 bits per heavy atom. The molecule has 1 N–H and O–H groups in total. The van der Waals surface area contributed by atoms with Crippen molar-refractivity contribution in [3.05, 3.63) is 47.8 Å². The fourth-order valence-corrected chi connectivity index (χ4v) is 1.95. The molecule has 0 saturated heterocycles. The number of ether oxygens (including phenoxy) is 1. The van der Waals surface area contributed by atoms with Crippen LogP contribution < -0.4 is 10.1 Å². The smallest absolute Gasteiger partial charge is 0.257 e. The van der Waals surface area contributed by atoms with E-state index >= 15 is 0 Å². The Morgan fingerprint density at radius 1 is 1.18 bits per heavy atom. The van der Waals surface area contributed by atoms with E-state index in [0.29, 0.717) is 19.7 Å². The first-order valence-corrected chi connectivity index (χ1v) is 6.90. The Balaban J connectivity index is 0.00000242. The van der Waals surface area contributed by atoms with Crippen LogP contribution >= 0.6 is 12.4 Å². The zero-order valence-corrected chi connectivity index (χ0v) is 13.2. The lowest BCUT2D eigenvalue weighted by atomic mass is 10.2. The highest BCUT2D eigenvalue weighted by Gasteiger charge is 2.05. The van der Waals surface area contributed by atoms with Crippen LogP contribution in [0.2, 0.25) is 0 Å². The number of hydrogen-bond acceptors (Lipinski definition) is 3. The lowest BCUT2D eigenvalue weighted by Gasteiger charge is -2.06. The van der Waals surface area contributed by atoms with Crippen LogP contribution in [0.15, 0.2) is 36.5 Å². The highest BCUT2D eigenvalue weighted by Crippen LogP contribution is 2.12. The van der Waals surface area contributed by atoms with E-state index in [-0.39, 0.29) is 19.0 Å². The van der Waals surface area contributed by atoms with E-state index in [1.54, 1.807) is 12.3 Å². The van der Waals surface area contributed by atoms with Crippen molar-refractivity contribution in [1.82, 2.24) is 15.1 Å². The molecule has 0 atom stereocenters. The fourth-order valence-electron chi connectivity index (χ4n) is 1.95. The number of rotatable bonds is 8. The molecule has 7 heteroatoms. The molecule has 2 rings (SSSR count). The zero-order valence-electron chi connectivity index (χ0n) is 12.3. The second-order valence-electron chi connectivity index (χ2n) is 4.60. The van der Waals surface area contributed by atoms with Crippen molar-refractivity contribution in [3.8, 4) is 5.75 Å². The summed E-state index contributed by atoms with van der Waals surface area (Å²) in [5, 5.41) is 7.31. The summed E-state index contributed by atoms with van der Waals surface area (Å²) in [6.07, 6.45) is -0.811. The van der Waals surface area contributed by atoms with Crippen LogP contribution in [-0.4, -0.2) is 22.8 Å². The largest absolute Gasteiger partial charge is 0.494 e. The van der Waals surface area contributed by atoms with Crippen molar-refractivity contribution in [1.29, 1.82) is 0 Å². The second-order valence-corrected chi connectivity index (χ2v) is 4.60. The Hall–Kier alpha value is -1.66. The maximum atomic E-state index is 12.2. The molecule has 122 valence electrons. The van der Waals surface area contributed by atoms with E-state index in [9.17, 15) is 8.78 Å². The molecule has 0 amide bonds. The monoisotopic (exact) mass is 331 g/mol. The minimum absolute atomic E-state index is 0. The van der Waals surface area contributed by atoms with Gasteiger partial charge in [0.1, 0.15) is 12.3 Å². The van der Waals surface area contributed by atoms with Gasteiger partial charge in [-0.1, -0.05) is 12.1 Å². The molecule has 0 spiro atoms. The predicted octanol–water partition coefficient (Wildman–Crippen LogP) is 3.26. The number of aromatic nitrogens is 2. The van der Waals surface area contributed by atoms with Gasteiger partial charge in [0.25, 0.3) is 6.43 Å². The van der Waals surface area contributed by atoms with E-state index in [0.717, 1.165) is 17.0 Å². The molecule has 0 aliphatic carbocycles. The van der Waals surface area contributed by atoms with Gasteiger partial charge in [0.2, 0.25) is 0 Å². The van der Waals surface area contributed by atoms with E-state index in [1.165, 1.54) is 4.68 Å². The molecule has 0 radical (unpaired) electrons. The second kappa shape index (κ2) is 9.38. The first kappa shape index (κ1) is 18.4. The van der Waals surface area contributed by atoms with Gasteiger partial charge in [0.05, 0.1) is 12.3 Å². The van der Waals surface area contributed by atoms with Crippen LogP contribution in [0.3, 0.4) is 0 Å². The first-order valence-electron chi connectivity index (χ1n) is 6.90. The lowest BCUT2D eigenvalue weighted by molar-refractivity contribution is 0.121. The molecule has 0 saturated carbocycles. The normalized spacial score (nSPS) is 10.5. The summed E-state index contributed by atoms with van der Waals surface area (Å²) >= 11 is 0. The Labute approximate surface area is 134 Å². The van der Waals surface area contributed by atoms with Crippen molar-refractivity contribution < 1.29 is 13.5 Å². The Bertz CT molecular complexity index is 546. The number of nitrogens with one attached hydrogen (secondary N) is 1. The van der Waals surface area contributed by atoms with E-state index < -0.39 is 6.43 Å². The average Bonchev–Trinajstić information content (AvgIpc) is 2.88. The molecule has 0 unspecified atom stereocenters. The van der Waals surface area contributed by atoms with Gasteiger partial charge in [-0.15, -0.1) is 12.4 Å². The first-order chi connectivity index (χ1) is 10.2. The molecule has 2 aromatic rings. The van der Waals surface area contributed by atoms with E-state index in [2.05, 4.69) is 10.4 Å². The van der Waals surface area contributed by atoms with Crippen molar-refractivity contribution in [2.75, 3.05) is 6.61 Å². The highest BCUT2D eigenvalue weighted by atomic mass is 35.5. The predicted molar refractivity (Wildman–Crippen MR) is 83.6 cm³/mol. The summed E-state index contributed by atoms with van der Waals surface area (Å²) in [6, 6.07) is 9.59. The quantitative estimate of drug-likeness (QED) is 0.807. The third-order valence-corrected chi connectivity index (χ3v) is 2.89. The summed E-state index contributed by atoms with van der Waals surface area (Å²) < 4.78 is 31.0. The summed E-state index contributed by atoms with van der Waals surface area (Å²) in [5.74, 6) is 0.854. The van der Waals surface area contributed by atoms with Gasteiger partial charge in [0, 0.05) is 19.3 Å². The summed E-state index contributed by atoms with van der Waals surface area (Å²) in [6.45, 7) is 3.47. The van der Waals surface area contributed by atoms with Crippen molar-refractivity contribution in [2.24, 2.45) is 0 Å². The lowest BCUT2D eigenvalue weighted by Crippen LogP contribution is -2.14. The van der Waals surface area contributed by atoms with Crippen LogP contribution in [0, 0.1) is 0 Å². The molecular formula is C15H20ClF2N3O. The molecule has 0 aliphatic rings. The maximum Gasteiger partial charge on any atom is 0.257 e. The molecule has 0 bridgehead atoms. The van der Waals surface area contributed by atoms with Gasteiger partial charge in [0.15, 0.2) is 0 Å². The molecule has 0 aliphatic heterocycles. The molecule has 22 heavy (non-hydrogen) atoms. The molecule has 1 aromatic carbocycles. The van der Waals surface area contributed by atoms with Crippen LogP contribution in [-0.2, 0) is 19.6 Å². The average molecular weight is 332 g/mol. The zero-order chi connectivity index (χ0) is 15.1. The van der Waals surface area contributed by atoms with Crippen LogP contribution in [0.1, 0.15) is 18.2 Å². The summed E-state index contributed by atoms with van der Waals surface area (Å²) in [4.78, 5) is 0. The van der Waals surface area contributed by atoms with Crippen LogP contribution in [0.5, 0.6) is 5.75 Å². The minimum atomic E-state index is -2.38. The Morgan fingerprint density at radius 3 is 2.55 bits per heavy atom. The van der Waals surface area contributed by atoms with Gasteiger partial charge in [-0.05, 0) is 30.7 Å². The number of alkyl halides is 2. The van der Waals surface area contributed by atoms with Crippen LogP contribution in [0.4, 0.5) is 8.78 Å². The maximum absolute atomic E-state index is 12.2. The van der Waals surface area contributed by atoms with Gasteiger partial charge in [-0.25, -0.2) is 8.78 Å². The third kappa shape index (κ3) is 5.99. The van der Waals surface area contributed by atoms with E-state index in [1.807, 2.05) is 31.2 Å². The molecule has 4 nitrogen and oxygen atoms in total. The summed E-state index contributed by atoms with van der Waals surface area (Å²) in [5.41, 5.74) is 1.88. The van der Waals surface area contributed by atoms with Crippen molar-refractivity contribution >= 4 is 12.4 Å². The fraction of sp³-hybridized carbons (Fsp3) is 0.400. The van der Waals surface area contributed by atoms with Crippen molar-refractivity contribution in [3.63, 3.8) is 0 Å². The number of halogens is 3. The van der Waals surface area contributed by atoms with Crippen molar-refractivity contribution in [2.45, 2.75) is 33.0 Å². The molecule has 1 aromatic heterocycles. The van der Waals surface area contributed by atoms with Gasteiger partial charge < -0.3 is 10.1 Å². The SMILES string of the molecule is CCOc1ccc(CNCc2ccn(CC(F)F)n2)cc1.Cl. The van der Waals surface area contributed by atoms with Gasteiger partial charge in [-0.3, -0.25) is 4.68 Å².